The van der Waals surface area contributed by atoms with Crippen LogP contribution in [0.3, 0.4) is 0 Å². The maximum absolute atomic E-state index is 12.7. The molecule has 1 saturated heterocycles. The fourth-order valence-electron chi connectivity index (χ4n) is 3.24. The quantitative estimate of drug-likeness (QED) is 0.878. The Morgan fingerprint density at radius 2 is 1.96 bits per heavy atom. The van der Waals surface area contributed by atoms with Crippen LogP contribution >= 0.6 is 0 Å². The molecule has 1 heterocycles. The van der Waals surface area contributed by atoms with Crippen LogP contribution in [-0.2, 0) is 11.3 Å². The number of hydrogen-bond acceptors (Lipinski definition) is 3. The third-order valence-corrected chi connectivity index (χ3v) is 4.64. The minimum absolute atomic E-state index is 0.0703. The van der Waals surface area contributed by atoms with Gasteiger partial charge in [-0.2, -0.15) is 0 Å². The number of anilines is 1. The zero-order chi connectivity index (χ0) is 17.8. The summed E-state index contributed by atoms with van der Waals surface area (Å²) in [4.78, 5) is 26.1. The van der Waals surface area contributed by atoms with E-state index in [0.717, 1.165) is 31.5 Å². The summed E-state index contributed by atoms with van der Waals surface area (Å²) in [6, 6.07) is 14.7. The van der Waals surface area contributed by atoms with E-state index in [0.29, 0.717) is 5.69 Å². The molecule has 25 heavy (non-hydrogen) atoms. The number of nitrogens with zero attached hydrogens (tertiary/aromatic N) is 1. The molecule has 5 nitrogen and oxygen atoms in total. The number of carboxylic acid groups (broad SMARTS) is 1. The second-order valence-electron chi connectivity index (χ2n) is 6.44. The number of carbonyl (C=O) groups excluding carboxylic acids is 1. The molecule has 1 aliphatic heterocycles. The summed E-state index contributed by atoms with van der Waals surface area (Å²) in [5, 5.41) is 12.1. The van der Waals surface area contributed by atoms with Gasteiger partial charge in [0, 0.05) is 12.2 Å². The Balaban J connectivity index is 1.72. The molecule has 0 bridgehead atoms. The van der Waals surface area contributed by atoms with Gasteiger partial charge in [-0.3, -0.25) is 9.69 Å². The molecule has 0 spiro atoms. The number of aryl methyl sites for hydroxylation is 1. The normalized spacial score (nSPS) is 17.4. The first-order chi connectivity index (χ1) is 12.0. The van der Waals surface area contributed by atoms with Crippen molar-refractivity contribution >= 4 is 17.6 Å². The molecule has 1 aliphatic rings. The van der Waals surface area contributed by atoms with Crippen LogP contribution in [0, 0.1) is 6.92 Å². The first-order valence-electron chi connectivity index (χ1n) is 8.47. The highest BCUT2D eigenvalue weighted by Gasteiger charge is 2.30. The Labute approximate surface area is 147 Å². The van der Waals surface area contributed by atoms with Gasteiger partial charge in [-0.1, -0.05) is 36.4 Å². The molecule has 2 N–H and O–H groups in total. The summed E-state index contributed by atoms with van der Waals surface area (Å²) in [5.41, 5.74) is 2.78. The van der Waals surface area contributed by atoms with Gasteiger partial charge >= 0.3 is 5.97 Å². The number of aromatic carboxylic acids is 1. The molecule has 1 atom stereocenters. The zero-order valence-electron chi connectivity index (χ0n) is 14.2. The smallest absolute Gasteiger partial charge is 0.335 e. The highest BCUT2D eigenvalue weighted by molar-refractivity contribution is 5.97. The SMILES string of the molecule is Cc1ccc(C(=O)O)cc1NC(=O)[C@H]1CCCN1Cc1ccccc1. The van der Waals surface area contributed by atoms with Crippen molar-refractivity contribution in [2.75, 3.05) is 11.9 Å². The molecule has 0 radical (unpaired) electrons. The van der Waals surface area contributed by atoms with E-state index in [9.17, 15) is 9.59 Å². The first kappa shape index (κ1) is 17.2. The molecule has 0 aliphatic carbocycles. The van der Waals surface area contributed by atoms with Gasteiger partial charge in [0.2, 0.25) is 5.91 Å². The maximum Gasteiger partial charge on any atom is 0.335 e. The largest absolute Gasteiger partial charge is 0.478 e. The van der Waals surface area contributed by atoms with Crippen molar-refractivity contribution in [2.45, 2.75) is 32.4 Å². The average Bonchev–Trinajstić information content (AvgIpc) is 3.05. The average molecular weight is 338 g/mol. The lowest BCUT2D eigenvalue weighted by Crippen LogP contribution is -2.39. The summed E-state index contributed by atoms with van der Waals surface area (Å²) in [5.74, 6) is -1.07. The van der Waals surface area contributed by atoms with Gasteiger partial charge in [-0.25, -0.2) is 4.79 Å². The van der Waals surface area contributed by atoms with Gasteiger partial charge < -0.3 is 10.4 Å². The summed E-state index contributed by atoms with van der Waals surface area (Å²) in [6.45, 7) is 3.49. The van der Waals surface area contributed by atoms with Crippen LogP contribution in [-0.4, -0.2) is 34.5 Å². The maximum atomic E-state index is 12.7. The highest BCUT2D eigenvalue weighted by Crippen LogP contribution is 2.23. The van der Waals surface area contributed by atoms with Crippen LogP contribution in [0.1, 0.15) is 34.3 Å². The molecule has 3 rings (SSSR count). The molecule has 0 unspecified atom stereocenters. The molecule has 1 fully saturated rings. The van der Waals surface area contributed by atoms with Crippen LogP contribution < -0.4 is 5.32 Å². The predicted octanol–water partition coefficient (Wildman–Crippen LogP) is 3.30. The Morgan fingerprint density at radius 1 is 1.20 bits per heavy atom. The highest BCUT2D eigenvalue weighted by atomic mass is 16.4. The second kappa shape index (κ2) is 7.49. The number of carboxylic acids is 1. The zero-order valence-corrected chi connectivity index (χ0v) is 14.2. The molecule has 130 valence electrons. The van der Waals surface area contributed by atoms with E-state index in [1.54, 1.807) is 12.1 Å². The van der Waals surface area contributed by atoms with Crippen molar-refractivity contribution in [2.24, 2.45) is 0 Å². The molecular weight excluding hydrogens is 316 g/mol. The number of likely N-dealkylation sites (tertiary alicyclic amines) is 1. The van der Waals surface area contributed by atoms with Gasteiger partial charge in [0.25, 0.3) is 0 Å². The van der Waals surface area contributed by atoms with Gasteiger partial charge in [-0.15, -0.1) is 0 Å². The third-order valence-electron chi connectivity index (χ3n) is 4.64. The molecule has 0 aromatic heterocycles. The van der Waals surface area contributed by atoms with E-state index >= 15 is 0 Å². The lowest BCUT2D eigenvalue weighted by Gasteiger charge is -2.24. The Kier molecular flexibility index (Phi) is 5.14. The lowest BCUT2D eigenvalue weighted by atomic mass is 10.1. The summed E-state index contributed by atoms with van der Waals surface area (Å²) in [6.07, 6.45) is 1.80. The predicted molar refractivity (Wildman–Crippen MR) is 96.6 cm³/mol. The number of rotatable bonds is 5. The monoisotopic (exact) mass is 338 g/mol. The summed E-state index contributed by atoms with van der Waals surface area (Å²) >= 11 is 0. The van der Waals surface area contributed by atoms with Crippen LogP contribution in [0.25, 0.3) is 0 Å². The Morgan fingerprint density at radius 3 is 2.68 bits per heavy atom. The van der Waals surface area contributed by atoms with Crippen molar-refractivity contribution in [3.63, 3.8) is 0 Å². The molecule has 0 saturated carbocycles. The minimum Gasteiger partial charge on any atom is -0.478 e. The van der Waals surface area contributed by atoms with Crippen LogP contribution in [0.2, 0.25) is 0 Å². The number of nitrogens with one attached hydrogen (secondary N) is 1. The molecule has 2 aromatic carbocycles. The Hall–Kier alpha value is -2.66. The molecular formula is C20H22N2O3. The van der Waals surface area contributed by atoms with Crippen LogP contribution in [0.5, 0.6) is 0 Å². The van der Waals surface area contributed by atoms with Gasteiger partial charge in [0.05, 0.1) is 11.6 Å². The number of carbonyl (C=O) groups is 2. The van der Waals surface area contributed by atoms with Crippen molar-refractivity contribution in [3.8, 4) is 0 Å². The van der Waals surface area contributed by atoms with E-state index in [4.69, 9.17) is 5.11 Å². The summed E-state index contributed by atoms with van der Waals surface area (Å²) < 4.78 is 0. The third kappa shape index (κ3) is 4.06. The van der Waals surface area contributed by atoms with E-state index in [-0.39, 0.29) is 17.5 Å². The van der Waals surface area contributed by atoms with Crippen molar-refractivity contribution in [1.82, 2.24) is 4.90 Å². The standard InChI is InChI=1S/C20H22N2O3/c1-14-9-10-16(20(24)25)12-17(14)21-19(23)18-8-5-11-22(18)13-15-6-3-2-4-7-15/h2-4,6-7,9-10,12,18H,5,8,11,13H2,1H3,(H,21,23)(H,24,25)/t18-/m1/s1. The number of benzene rings is 2. The second-order valence-corrected chi connectivity index (χ2v) is 6.44. The van der Waals surface area contributed by atoms with Crippen LogP contribution in [0.4, 0.5) is 5.69 Å². The minimum atomic E-state index is -0.998. The van der Waals surface area contributed by atoms with E-state index < -0.39 is 5.97 Å². The number of amides is 1. The first-order valence-corrected chi connectivity index (χ1v) is 8.47. The Bertz CT molecular complexity index is 774. The topological polar surface area (TPSA) is 69.6 Å². The fraction of sp³-hybridized carbons (Fsp3) is 0.300. The molecule has 2 aromatic rings. The fourth-order valence-corrected chi connectivity index (χ4v) is 3.24. The van der Waals surface area contributed by atoms with E-state index in [2.05, 4.69) is 22.3 Å². The number of hydrogen-bond donors (Lipinski definition) is 2. The van der Waals surface area contributed by atoms with Crippen LogP contribution in [0.15, 0.2) is 48.5 Å². The van der Waals surface area contributed by atoms with Crippen molar-refractivity contribution < 1.29 is 14.7 Å². The van der Waals surface area contributed by atoms with E-state index in [1.165, 1.54) is 11.6 Å². The summed E-state index contributed by atoms with van der Waals surface area (Å²) in [7, 11) is 0. The lowest BCUT2D eigenvalue weighted by molar-refractivity contribution is -0.120. The van der Waals surface area contributed by atoms with Gasteiger partial charge in [-0.05, 0) is 49.6 Å². The molecule has 1 amide bonds. The van der Waals surface area contributed by atoms with Crippen molar-refractivity contribution in [3.05, 3.63) is 65.2 Å². The van der Waals surface area contributed by atoms with Crippen molar-refractivity contribution in [1.29, 1.82) is 0 Å². The van der Waals surface area contributed by atoms with Gasteiger partial charge in [0.1, 0.15) is 0 Å². The van der Waals surface area contributed by atoms with Gasteiger partial charge in [0.15, 0.2) is 0 Å². The molecule has 5 heteroatoms. The van der Waals surface area contributed by atoms with E-state index in [1.807, 2.05) is 25.1 Å².